The maximum Gasteiger partial charge on any atom is 0.286 e. The van der Waals surface area contributed by atoms with Crippen LogP contribution >= 0.6 is 15.9 Å². The summed E-state index contributed by atoms with van der Waals surface area (Å²) in [5, 5.41) is 25.2. The third-order valence-electron chi connectivity index (χ3n) is 4.77. The van der Waals surface area contributed by atoms with Crippen LogP contribution < -0.4 is 15.0 Å². The van der Waals surface area contributed by atoms with E-state index in [-0.39, 0.29) is 12.2 Å². The highest BCUT2D eigenvalue weighted by Gasteiger charge is 2.18. The standard InChI is InChI=1S/C23H19BrN6O3/c1-29-19(22(24)23(31)30(29)16-6-4-3-5-7-16)14-33-20-9-8-15(10-21(20)32-2)13-28-18(12-26)17(27)11-25/h3-10,13,18,27H,14H2,1-2H3/t18-/m1/s1. The van der Waals surface area contributed by atoms with Crippen LogP contribution in [0.2, 0.25) is 0 Å². The summed E-state index contributed by atoms with van der Waals surface area (Å²) in [6, 6.07) is 16.6. The Labute approximate surface area is 198 Å². The van der Waals surface area contributed by atoms with Gasteiger partial charge in [-0.1, -0.05) is 18.2 Å². The number of hydrogen-bond acceptors (Lipinski definition) is 7. The van der Waals surface area contributed by atoms with Crippen LogP contribution in [-0.4, -0.2) is 34.4 Å². The number of para-hydroxylation sites is 1. The fraction of sp³-hybridized carbons (Fsp3) is 0.174. The number of benzene rings is 2. The SMILES string of the molecule is COc1cc(C=N[C@H](C#N)C(=N)C#N)ccc1OCc1c(Br)c(=O)n(-c2ccccc2)n1C. The van der Waals surface area contributed by atoms with Crippen molar-refractivity contribution in [2.45, 2.75) is 12.6 Å². The molecule has 0 saturated heterocycles. The van der Waals surface area contributed by atoms with Crippen LogP contribution in [0, 0.1) is 28.1 Å². The first kappa shape index (κ1) is 23.5. The van der Waals surface area contributed by atoms with Gasteiger partial charge in [-0.15, -0.1) is 0 Å². The number of aromatic nitrogens is 2. The molecule has 0 spiro atoms. The lowest BCUT2D eigenvalue weighted by Crippen LogP contribution is -2.19. The van der Waals surface area contributed by atoms with E-state index in [1.165, 1.54) is 13.3 Å². The Balaban J connectivity index is 1.83. The van der Waals surface area contributed by atoms with E-state index in [4.69, 9.17) is 25.4 Å². The van der Waals surface area contributed by atoms with Crippen LogP contribution in [0.4, 0.5) is 0 Å². The molecule has 1 atom stereocenters. The van der Waals surface area contributed by atoms with Gasteiger partial charge in [0.25, 0.3) is 5.56 Å². The molecule has 0 saturated carbocycles. The molecule has 0 radical (unpaired) electrons. The molecule has 9 nitrogen and oxygen atoms in total. The normalized spacial score (nSPS) is 11.5. The molecule has 0 aliphatic heterocycles. The van der Waals surface area contributed by atoms with Gasteiger partial charge in [0.15, 0.2) is 17.5 Å². The minimum absolute atomic E-state index is 0.103. The zero-order valence-corrected chi connectivity index (χ0v) is 19.4. The first-order valence-corrected chi connectivity index (χ1v) is 10.4. The van der Waals surface area contributed by atoms with Crippen molar-refractivity contribution in [1.82, 2.24) is 9.36 Å². The number of rotatable bonds is 8. The van der Waals surface area contributed by atoms with E-state index in [0.717, 1.165) is 5.69 Å². The molecular formula is C23H19BrN6O3. The molecule has 1 N–H and O–H groups in total. The monoisotopic (exact) mass is 506 g/mol. The fourth-order valence-electron chi connectivity index (χ4n) is 3.06. The number of nitrogens with zero attached hydrogens (tertiary/aromatic N) is 5. The average Bonchev–Trinajstić information content (AvgIpc) is 3.06. The summed E-state index contributed by atoms with van der Waals surface area (Å²) < 4.78 is 15.0. The van der Waals surface area contributed by atoms with Crippen molar-refractivity contribution in [2.24, 2.45) is 12.0 Å². The molecule has 166 valence electrons. The van der Waals surface area contributed by atoms with Gasteiger partial charge in [-0.05, 0) is 51.8 Å². The first-order chi connectivity index (χ1) is 15.9. The van der Waals surface area contributed by atoms with Gasteiger partial charge in [0.05, 0.1) is 24.6 Å². The Kier molecular flexibility index (Phi) is 7.44. The smallest absolute Gasteiger partial charge is 0.286 e. The van der Waals surface area contributed by atoms with Crippen LogP contribution in [0.15, 0.2) is 62.8 Å². The van der Waals surface area contributed by atoms with Crippen molar-refractivity contribution >= 4 is 27.9 Å². The lowest BCUT2D eigenvalue weighted by atomic mass is 10.2. The van der Waals surface area contributed by atoms with Crippen LogP contribution in [0.1, 0.15) is 11.3 Å². The second-order valence-electron chi connectivity index (χ2n) is 6.77. The number of halogens is 1. The average molecular weight is 507 g/mol. The molecule has 0 bridgehead atoms. The molecule has 3 aromatic rings. The molecule has 2 aromatic carbocycles. The van der Waals surface area contributed by atoms with E-state index in [2.05, 4.69) is 20.9 Å². The third kappa shape index (κ3) is 5.03. The maximum absolute atomic E-state index is 12.8. The molecule has 3 rings (SSSR count). The molecular weight excluding hydrogens is 488 g/mol. The highest BCUT2D eigenvalue weighted by Crippen LogP contribution is 2.29. The van der Waals surface area contributed by atoms with E-state index in [0.29, 0.717) is 27.2 Å². The number of aliphatic imine (C=N–C) groups is 1. The molecule has 0 unspecified atom stereocenters. The van der Waals surface area contributed by atoms with E-state index >= 15 is 0 Å². The zero-order chi connectivity index (χ0) is 24.0. The number of nitriles is 2. The van der Waals surface area contributed by atoms with Gasteiger partial charge in [-0.2, -0.15) is 10.5 Å². The van der Waals surface area contributed by atoms with Gasteiger partial charge in [0.2, 0.25) is 0 Å². The predicted octanol–water partition coefficient (Wildman–Crippen LogP) is 3.38. The summed E-state index contributed by atoms with van der Waals surface area (Å²) in [5.74, 6) is 0.870. The number of hydrogen-bond donors (Lipinski definition) is 1. The summed E-state index contributed by atoms with van der Waals surface area (Å²) in [5.41, 5.74) is 1.35. The van der Waals surface area contributed by atoms with Crippen LogP contribution in [0.25, 0.3) is 5.69 Å². The van der Waals surface area contributed by atoms with Gasteiger partial charge in [-0.3, -0.25) is 19.9 Å². The molecule has 33 heavy (non-hydrogen) atoms. The second kappa shape index (κ2) is 10.4. The topological polar surface area (TPSA) is 129 Å². The van der Waals surface area contributed by atoms with Crippen LogP contribution in [0.3, 0.4) is 0 Å². The summed E-state index contributed by atoms with van der Waals surface area (Å²) in [7, 11) is 3.27. The number of ether oxygens (including phenoxy) is 2. The molecule has 0 aliphatic rings. The Bertz CT molecular complexity index is 1350. The molecule has 1 heterocycles. The molecule has 0 aliphatic carbocycles. The quantitative estimate of drug-likeness (QED) is 0.468. The number of methoxy groups -OCH3 is 1. The lowest BCUT2D eigenvalue weighted by Gasteiger charge is -2.13. The minimum Gasteiger partial charge on any atom is -0.493 e. The summed E-state index contributed by atoms with van der Waals surface area (Å²) in [6.45, 7) is 0.103. The van der Waals surface area contributed by atoms with Crippen molar-refractivity contribution in [3.8, 4) is 29.3 Å². The highest BCUT2D eigenvalue weighted by molar-refractivity contribution is 9.10. The van der Waals surface area contributed by atoms with Gasteiger partial charge in [-0.25, -0.2) is 4.68 Å². The van der Waals surface area contributed by atoms with Crippen molar-refractivity contribution in [3.63, 3.8) is 0 Å². The molecule has 1 aromatic heterocycles. The van der Waals surface area contributed by atoms with Crippen molar-refractivity contribution in [2.75, 3.05) is 7.11 Å². The molecule has 0 fully saturated rings. The maximum atomic E-state index is 12.8. The Morgan fingerprint density at radius 2 is 1.97 bits per heavy atom. The van der Waals surface area contributed by atoms with E-state index < -0.39 is 11.8 Å². The Hall–Kier alpha value is -4.15. The third-order valence-corrected chi connectivity index (χ3v) is 5.56. The Morgan fingerprint density at radius 1 is 1.24 bits per heavy atom. The van der Waals surface area contributed by atoms with Crippen molar-refractivity contribution in [3.05, 3.63) is 74.6 Å². The fourth-order valence-corrected chi connectivity index (χ4v) is 3.59. The van der Waals surface area contributed by atoms with Crippen molar-refractivity contribution < 1.29 is 9.47 Å². The molecule has 0 amide bonds. The highest BCUT2D eigenvalue weighted by atomic mass is 79.9. The van der Waals surface area contributed by atoms with Gasteiger partial charge < -0.3 is 9.47 Å². The van der Waals surface area contributed by atoms with Crippen LogP contribution in [0.5, 0.6) is 11.5 Å². The summed E-state index contributed by atoms with van der Waals surface area (Å²) >= 11 is 3.38. The van der Waals surface area contributed by atoms with Gasteiger partial charge >= 0.3 is 0 Å². The van der Waals surface area contributed by atoms with E-state index in [1.54, 1.807) is 46.7 Å². The van der Waals surface area contributed by atoms with Crippen LogP contribution in [-0.2, 0) is 13.7 Å². The number of nitrogens with one attached hydrogen (secondary N) is 1. The second-order valence-corrected chi connectivity index (χ2v) is 7.56. The molecule has 10 heteroatoms. The summed E-state index contributed by atoms with van der Waals surface area (Å²) in [4.78, 5) is 16.7. The largest absolute Gasteiger partial charge is 0.493 e. The summed E-state index contributed by atoms with van der Waals surface area (Å²) in [6.07, 6.45) is 1.40. The Morgan fingerprint density at radius 3 is 2.61 bits per heavy atom. The van der Waals surface area contributed by atoms with Gasteiger partial charge in [0.1, 0.15) is 22.9 Å². The lowest BCUT2D eigenvalue weighted by molar-refractivity contribution is 0.274. The van der Waals surface area contributed by atoms with Gasteiger partial charge in [0, 0.05) is 13.3 Å². The van der Waals surface area contributed by atoms with Crippen molar-refractivity contribution in [1.29, 1.82) is 15.9 Å². The predicted molar refractivity (Wildman–Crippen MR) is 126 cm³/mol. The zero-order valence-electron chi connectivity index (χ0n) is 17.8. The first-order valence-electron chi connectivity index (χ1n) is 9.65. The minimum atomic E-state index is -1.16. The van der Waals surface area contributed by atoms with E-state index in [9.17, 15) is 4.79 Å². The van der Waals surface area contributed by atoms with E-state index in [1.807, 2.05) is 30.3 Å².